The Balaban J connectivity index is 2.96. The molecule has 7 nitrogen and oxygen atoms in total. The number of nitrogens with zero attached hydrogens (tertiary/aromatic N) is 1. The van der Waals surface area contributed by atoms with Crippen molar-refractivity contribution in [3.05, 3.63) is 16.8 Å². The van der Waals surface area contributed by atoms with Gasteiger partial charge in [0.05, 0.1) is 5.69 Å². The van der Waals surface area contributed by atoms with Gasteiger partial charge in [-0.3, -0.25) is 14.0 Å². The number of aliphatic carboxylic acids is 2. The van der Waals surface area contributed by atoms with E-state index in [9.17, 15) is 19.0 Å². The van der Waals surface area contributed by atoms with Crippen molar-refractivity contribution in [1.29, 1.82) is 0 Å². The molecule has 100 valence electrons. The number of hydrogen-bond donors (Lipinski definition) is 3. The van der Waals surface area contributed by atoms with Gasteiger partial charge in [-0.2, -0.15) is 11.3 Å². The Morgan fingerprint density at radius 2 is 2.11 bits per heavy atom. The number of hydrogen-bond acceptors (Lipinski definition) is 4. The fourth-order valence-corrected chi connectivity index (χ4v) is 3.03. The van der Waals surface area contributed by atoms with Crippen LogP contribution in [-0.4, -0.2) is 33.1 Å². The summed E-state index contributed by atoms with van der Waals surface area (Å²) in [5, 5.41) is 20.8. The Labute approximate surface area is 107 Å². The first kappa shape index (κ1) is 14.7. The minimum absolute atomic E-state index is 0.239. The van der Waals surface area contributed by atoms with Crippen LogP contribution in [0.15, 0.2) is 16.8 Å². The molecule has 0 aliphatic heterocycles. The van der Waals surface area contributed by atoms with Gasteiger partial charge in [0.1, 0.15) is 6.04 Å². The highest BCUT2D eigenvalue weighted by molar-refractivity contribution is 7.40. The zero-order chi connectivity index (χ0) is 13.7. The Kier molecular flexibility index (Phi) is 5.33. The zero-order valence-electron chi connectivity index (χ0n) is 9.15. The Morgan fingerprint density at radius 3 is 2.50 bits per heavy atom. The van der Waals surface area contributed by atoms with Crippen molar-refractivity contribution < 1.29 is 29.3 Å². The first-order chi connectivity index (χ1) is 8.43. The Bertz CT molecular complexity index is 448. The first-order valence-electron chi connectivity index (χ1n) is 4.92. The normalized spacial score (nSPS) is 13.8. The minimum Gasteiger partial charge on any atom is -0.481 e. The predicted molar refractivity (Wildman–Crippen MR) is 66.3 cm³/mol. The molecule has 2 unspecified atom stereocenters. The predicted octanol–water partition coefficient (Wildman–Crippen LogP) is 1.25. The summed E-state index contributed by atoms with van der Waals surface area (Å²) in [6.07, 6.45) is -0.621. The highest BCUT2D eigenvalue weighted by atomic mass is 32.1. The Hall–Kier alpha value is -1.37. The molecule has 2 atom stereocenters. The third kappa shape index (κ3) is 3.83. The second-order valence-corrected chi connectivity index (χ2v) is 5.25. The van der Waals surface area contributed by atoms with Crippen molar-refractivity contribution >= 4 is 37.1 Å². The molecule has 9 heteroatoms. The average Bonchev–Trinajstić information content (AvgIpc) is 2.75. The maximum Gasteiger partial charge on any atom is 0.326 e. The van der Waals surface area contributed by atoms with Crippen molar-refractivity contribution in [2.24, 2.45) is 0 Å². The van der Waals surface area contributed by atoms with Gasteiger partial charge in [0.25, 0.3) is 8.18 Å². The second-order valence-electron chi connectivity index (χ2n) is 3.42. The molecule has 0 aliphatic carbocycles. The monoisotopic (exact) mass is 293 g/mol. The quantitative estimate of drug-likeness (QED) is 0.648. The van der Waals surface area contributed by atoms with Gasteiger partial charge in [0.2, 0.25) is 0 Å². The fraction of sp³-hybridized carbons (Fsp3) is 0.333. The molecule has 0 amide bonds. The number of carboxylic acid groups (broad SMARTS) is 2. The summed E-state index contributed by atoms with van der Waals surface area (Å²) in [6, 6.07) is 0.187. The van der Waals surface area contributed by atoms with Crippen LogP contribution < -0.4 is 4.67 Å². The molecule has 1 heterocycles. The molecule has 0 aromatic carbocycles. The summed E-state index contributed by atoms with van der Waals surface area (Å²) in [5.41, 5.74) is 0.309. The lowest BCUT2D eigenvalue weighted by molar-refractivity contribution is -0.139. The van der Waals surface area contributed by atoms with Crippen molar-refractivity contribution in [2.45, 2.75) is 18.9 Å². The van der Waals surface area contributed by atoms with E-state index in [1.54, 1.807) is 5.38 Å². The molecule has 0 aliphatic rings. The number of anilines is 1. The molecule has 1 rings (SSSR count). The van der Waals surface area contributed by atoms with Gasteiger partial charge in [-0.25, -0.2) is 4.79 Å². The molecule has 0 bridgehead atoms. The SMILES string of the molecule is O=C(O)CCC(C(=O)O)N(c1ccsc1)[PH](=O)O. The fourth-order valence-electron chi connectivity index (χ4n) is 1.44. The molecule has 18 heavy (non-hydrogen) atoms. The minimum atomic E-state index is -3.27. The van der Waals surface area contributed by atoms with E-state index < -0.39 is 26.2 Å². The summed E-state index contributed by atoms with van der Waals surface area (Å²) in [7, 11) is -3.27. The van der Waals surface area contributed by atoms with Gasteiger partial charge < -0.3 is 15.1 Å². The van der Waals surface area contributed by atoms with E-state index in [4.69, 9.17) is 10.2 Å². The highest BCUT2D eigenvalue weighted by Crippen LogP contribution is 2.35. The van der Waals surface area contributed by atoms with Gasteiger partial charge in [-0.15, -0.1) is 0 Å². The van der Waals surface area contributed by atoms with E-state index in [0.717, 1.165) is 4.67 Å². The number of rotatable bonds is 7. The molecule has 0 radical (unpaired) electrons. The molecule has 0 saturated heterocycles. The van der Waals surface area contributed by atoms with Crippen molar-refractivity contribution in [3.63, 3.8) is 0 Å². The topological polar surface area (TPSA) is 115 Å². The van der Waals surface area contributed by atoms with Crippen LogP contribution in [0.4, 0.5) is 5.69 Å². The third-order valence-electron chi connectivity index (χ3n) is 2.22. The molecular formula is C9H12NO6PS. The average molecular weight is 293 g/mol. The number of carbonyl (C=O) groups is 2. The van der Waals surface area contributed by atoms with Crippen molar-refractivity contribution in [2.75, 3.05) is 4.67 Å². The van der Waals surface area contributed by atoms with E-state index in [-0.39, 0.29) is 12.8 Å². The summed E-state index contributed by atoms with van der Waals surface area (Å²) < 4.78 is 12.1. The van der Waals surface area contributed by atoms with E-state index in [0.29, 0.717) is 5.69 Å². The van der Waals surface area contributed by atoms with E-state index in [2.05, 4.69) is 0 Å². The third-order valence-corrected chi connectivity index (χ3v) is 3.87. The van der Waals surface area contributed by atoms with Crippen LogP contribution in [0.3, 0.4) is 0 Å². The lowest BCUT2D eigenvalue weighted by Gasteiger charge is -2.26. The van der Waals surface area contributed by atoms with Gasteiger partial charge in [0, 0.05) is 11.8 Å². The summed E-state index contributed by atoms with van der Waals surface area (Å²) in [5.74, 6) is -2.47. The molecule has 1 aromatic heterocycles. The maximum atomic E-state index is 11.3. The smallest absolute Gasteiger partial charge is 0.326 e. The van der Waals surface area contributed by atoms with E-state index in [1.807, 2.05) is 0 Å². The van der Waals surface area contributed by atoms with E-state index >= 15 is 0 Å². The zero-order valence-corrected chi connectivity index (χ0v) is 11.0. The van der Waals surface area contributed by atoms with E-state index in [1.165, 1.54) is 22.8 Å². The molecule has 0 spiro atoms. The van der Waals surface area contributed by atoms with Crippen LogP contribution >= 0.6 is 19.5 Å². The van der Waals surface area contributed by atoms with Crippen molar-refractivity contribution in [1.82, 2.24) is 0 Å². The number of thiophene rings is 1. The molecule has 0 fully saturated rings. The maximum absolute atomic E-state index is 11.3. The Morgan fingerprint density at radius 1 is 1.44 bits per heavy atom. The van der Waals surface area contributed by atoms with Crippen LogP contribution in [0.2, 0.25) is 0 Å². The van der Waals surface area contributed by atoms with Gasteiger partial charge in [-0.1, -0.05) is 0 Å². The van der Waals surface area contributed by atoms with Gasteiger partial charge >= 0.3 is 11.9 Å². The summed E-state index contributed by atoms with van der Waals surface area (Å²) in [4.78, 5) is 30.8. The largest absolute Gasteiger partial charge is 0.481 e. The van der Waals surface area contributed by atoms with Crippen molar-refractivity contribution in [3.8, 4) is 0 Å². The van der Waals surface area contributed by atoms with Crippen LogP contribution in [0.5, 0.6) is 0 Å². The van der Waals surface area contributed by atoms with Crippen LogP contribution in [0.1, 0.15) is 12.8 Å². The van der Waals surface area contributed by atoms with Crippen LogP contribution in [0, 0.1) is 0 Å². The van der Waals surface area contributed by atoms with Crippen LogP contribution in [0.25, 0.3) is 0 Å². The second kappa shape index (κ2) is 6.53. The lowest BCUT2D eigenvalue weighted by atomic mass is 10.1. The van der Waals surface area contributed by atoms with Crippen LogP contribution in [-0.2, 0) is 14.2 Å². The highest BCUT2D eigenvalue weighted by Gasteiger charge is 2.29. The summed E-state index contributed by atoms with van der Waals surface area (Å²) in [6.45, 7) is 0. The van der Waals surface area contributed by atoms with Gasteiger partial charge in [-0.05, 0) is 17.9 Å². The molecular weight excluding hydrogens is 281 g/mol. The van der Waals surface area contributed by atoms with Gasteiger partial charge in [0.15, 0.2) is 0 Å². The number of carboxylic acids is 2. The first-order valence-corrected chi connectivity index (χ1v) is 7.17. The summed E-state index contributed by atoms with van der Waals surface area (Å²) >= 11 is 1.25. The molecule has 3 N–H and O–H groups in total. The standard InChI is InChI=1S/C9H12NO6PS/c11-8(12)2-1-7(9(13)14)10(17(15)16)6-3-4-18-5-6/h3-5,7,17H,1-2H2,(H,11,12)(H,13,14)(H,15,16). The molecule has 0 saturated carbocycles. The molecule has 1 aromatic rings. The lowest BCUT2D eigenvalue weighted by Crippen LogP contribution is -2.37.